The fraction of sp³-hybridized carbons (Fsp3) is 0.571. The van der Waals surface area contributed by atoms with E-state index in [1.54, 1.807) is 7.11 Å². The topological polar surface area (TPSA) is 74.2 Å². The molecule has 0 heterocycles. The summed E-state index contributed by atoms with van der Waals surface area (Å²) in [7, 11) is -0.729. The molecule has 0 unspecified atom stereocenters. The molecule has 56 heavy (non-hydrogen) atoms. The number of unbranched alkanes of at least 4 members (excludes halogenated alkanes) is 3. The number of ketones is 1. The average Bonchev–Trinajstić information content (AvgIpc) is 3.22. The van der Waals surface area contributed by atoms with Crippen molar-refractivity contribution in [1.29, 1.82) is 0 Å². The maximum Gasteiger partial charge on any atom is 0.193 e. The second-order valence-corrected chi connectivity index (χ2v) is 21.3. The molecule has 0 amide bonds. The quantitative estimate of drug-likeness (QED) is 0.0909. The summed E-state index contributed by atoms with van der Waals surface area (Å²) in [6.45, 7) is 16.7. The van der Waals surface area contributed by atoms with Gasteiger partial charge in [-0.1, -0.05) is 158 Å². The third-order valence-corrected chi connectivity index (χ3v) is 17.4. The predicted octanol–water partition coefficient (Wildman–Crippen LogP) is 11.3. The summed E-state index contributed by atoms with van der Waals surface area (Å²) >= 11 is 0. The van der Waals surface area contributed by atoms with Crippen LogP contribution in [0.5, 0.6) is 5.75 Å². The molecule has 6 nitrogen and oxygen atoms in total. The molecule has 0 saturated heterocycles. The molecule has 7 heteroatoms. The zero-order chi connectivity index (χ0) is 40.1. The summed E-state index contributed by atoms with van der Waals surface area (Å²) in [4.78, 5) is 15.6. The fourth-order valence-electron chi connectivity index (χ4n) is 9.43. The van der Waals surface area contributed by atoms with Gasteiger partial charge >= 0.3 is 0 Å². The zero-order valence-electron chi connectivity index (χ0n) is 35.2. The van der Waals surface area contributed by atoms with Crippen LogP contribution in [-0.4, -0.2) is 50.7 Å². The molecule has 0 spiro atoms. The molecule has 0 bridgehead atoms. The first-order valence-electron chi connectivity index (χ1n) is 21.6. The Morgan fingerprint density at radius 1 is 0.750 bits per heavy atom. The molecule has 0 radical (unpaired) electrons. The molecule has 3 aromatic rings. The van der Waals surface area contributed by atoms with Crippen LogP contribution in [0.4, 0.5) is 0 Å². The molecule has 2 saturated carbocycles. The highest BCUT2D eigenvalue weighted by molar-refractivity contribution is 6.73. The zero-order valence-corrected chi connectivity index (χ0v) is 36.2. The standard InChI is InChI=1S/C49H70O6Si/c1-8-11-30-56(31-12-9-2,32-13-10-3)55-48-47(54-35-39-22-18-15-19-23-39)45(51)44-42(50)29-24-36(4)43(44)46(53-34-38-20-16-14-17-21-38)41(49(48,5)6)33-37-25-27-40(52-7)28-26-37/h14-23,25-28,41-44,46-48,50H,4,8-13,24,29-35H2,1-3,5-7H3/t41-,42-,43+,44+,46+,47-,48-/m0/s1. The van der Waals surface area contributed by atoms with Crippen molar-refractivity contribution < 1.29 is 28.5 Å². The lowest BCUT2D eigenvalue weighted by Crippen LogP contribution is -2.64. The van der Waals surface area contributed by atoms with Crippen LogP contribution in [-0.2, 0) is 38.3 Å². The summed E-state index contributed by atoms with van der Waals surface area (Å²) in [6, 6.07) is 32.0. The van der Waals surface area contributed by atoms with Crippen LogP contribution in [0.25, 0.3) is 0 Å². The van der Waals surface area contributed by atoms with E-state index in [1.807, 2.05) is 48.5 Å². The normalized spacial score (nSPS) is 25.3. The first kappa shape index (κ1) is 44.0. The third-order valence-electron chi connectivity index (χ3n) is 12.9. The number of ether oxygens (including phenoxy) is 3. The Morgan fingerprint density at radius 3 is 1.80 bits per heavy atom. The average molecular weight is 783 g/mol. The van der Waals surface area contributed by atoms with Crippen LogP contribution in [0.1, 0.15) is 103 Å². The molecule has 2 aliphatic rings. The van der Waals surface area contributed by atoms with Crippen molar-refractivity contribution in [2.24, 2.45) is 23.2 Å². The molecule has 5 rings (SSSR count). The van der Waals surface area contributed by atoms with E-state index >= 15 is 4.79 Å². The molecular formula is C49H70O6Si. The smallest absolute Gasteiger partial charge is 0.193 e. The van der Waals surface area contributed by atoms with Crippen LogP contribution < -0.4 is 4.74 Å². The van der Waals surface area contributed by atoms with Crippen molar-refractivity contribution in [3.8, 4) is 5.75 Å². The molecular weight excluding hydrogens is 713 g/mol. The maximum absolute atomic E-state index is 15.6. The second kappa shape index (κ2) is 21.1. The monoisotopic (exact) mass is 782 g/mol. The Kier molecular flexibility index (Phi) is 16.6. The van der Waals surface area contributed by atoms with Crippen molar-refractivity contribution >= 4 is 14.1 Å². The molecule has 0 aliphatic heterocycles. The summed E-state index contributed by atoms with van der Waals surface area (Å²) in [5.41, 5.74) is 3.61. The van der Waals surface area contributed by atoms with Crippen LogP contribution in [0.15, 0.2) is 97.1 Å². The largest absolute Gasteiger partial charge is 0.497 e. The van der Waals surface area contributed by atoms with Gasteiger partial charge in [0.25, 0.3) is 0 Å². The van der Waals surface area contributed by atoms with E-state index in [0.717, 1.165) is 84.7 Å². The Hall–Kier alpha value is -3.07. The maximum atomic E-state index is 15.6. The van der Waals surface area contributed by atoms with E-state index < -0.39 is 44.1 Å². The summed E-state index contributed by atoms with van der Waals surface area (Å²) in [5.74, 6) is -0.491. The van der Waals surface area contributed by atoms with Gasteiger partial charge in [-0.15, -0.1) is 0 Å². The SMILES string of the molecule is C=C1CC[C@H](O)[C@H]2C(=O)[C@H](OCc3ccccc3)[C@H](O[Si](CCCC)(CCCC)CCCC)C(C)(C)[C@@H](Cc3ccc(OC)cc3)[C@@H](OCc3ccccc3)[C@H]12. The number of aliphatic hydroxyl groups is 1. The van der Waals surface area contributed by atoms with Crippen LogP contribution >= 0.6 is 0 Å². The van der Waals surface area contributed by atoms with E-state index in [-0.39, 0.29) is 24.2 Å². The second-order valence-electron chi connectivity index (χ2n) is 17.2. The number of rotatable bonds is 20. The highest BCUT2D eigenvalue weighted by Crippen LogP contribution is 2.52. The molecule has 306 valence electrons. The van der Waals surface area contributed by atoms with Gasteiger partial charge in [0.1, 0.15) is 11.9 Å². The Balaban J connectivity index is 1.73. The van der Waals surface area contributed by atoms with Gasteiger partial charge in [-0.2, -0.15) is 0 Å². The minimum absolute atomic E-state index is 0.0714. The van der Waals surface area contributed by atoms with Gasteiger partial charge < -0.3 is 23.7 Å². The first-order chi connectivity index (χ1) is 27.1. The van der Waals surface area contributed by atoms with E-state index in [4.69, 9.17) is 18.6 Å². The van der Waals surface area contributed by atoms with Crippen molar-refractivity contribution in [2.45, 2.75) is 148 Å². The third kappa shape index (κ3) is 10.9. The molecule has 2 aliphatic carbocycles. The summed E-state index contributed by atoms with van der Waals surface area (Å²) < 4.78 is 27.8. The molecule has 0 aromatic heterocycles. The van der Waals surface area contributed by atoms with Gasteiger partial charge in [-0.3, -0.25) is 4.79 Å². The number of fused-ring (bicyclic) bond motifs is 1. The van der Waals surface area contributed by atoms with Crippen LogP contribution in [0.2, 0.25) is 18.1 Å². The Morgan fingerprint density at radius 2 is 1.29 bits per heavy atom. The number of Topliss-reactive ketones (excluding diaryl/α,β-unsaturated/α-hetero) is 1. The number of methoxy groups -OCH3 is 1. The highest BCUT2D eigenvalue weighted by atomic mass is 28.4. The van der Waals surface area contributed by atoms with Gasteiger partial charge in [0.2, 0.25) is 0 Å². The lowest BCUT2D eigenvalue weighted by Gasteiger charge is -2.55. The number of hydrogen-bond acceptors (Lipinski definition) is 6. The number of carbonyl (C=O) groups is 1. The van der Waals surface area contributed by atoms with Crippen molar-refractivity contribution in [2.75, 3.05) is 7.11 Å². The number of hydrogen-bond donors (Lipinski definition) is 1. The van der Waals surface area contributed by atoms with Crippen molar-refractivity contribution in [1.82, 2.24) is 0 Å². The number of aliphatic hydroxyl groups excluding tert-OH is 1. The van der Waals surface area contributed by atoms with E-state index in [9.17, 15) is 5.11 Å². The van der Waals surface area contributed by atoms with Gasteiger partial charge in [-0.05, 0) is 77.6 Å². The van der Waals surface area contributed by atoms with E-state index in [0.29, 0.717) is 25.9 Å². The summed E-state index contributed by atoms with van der Waals surface area (Å²) in [5, 5.41) is 12.0. The first-order valence-corrected chi connectivity index (χ1v) is 24.1. The summed E-state index contributed by atoms with van der Waals surface area (Å²) in [6.07, 6.45) is 5.78. The van der Waals surface area contributed by atoms with Crippen molar-refractivity contribution in [3.05, 3.63) is 114 Å². The molecule has 2 fully saturated rings. The van der Waals surface area contributed by atoms with Crippen LogP contribution in [0.3, 0.4) is 0 Å². The van der Waals surface area contributed by atoms with Gasteiger partial charge in [0.05, 0.1) is 44.6 Å². The Bertz CT molecular complexity index is 1600. The fourth-order valence-corrected chi connectivity index (χ4v) is 14.5. The Labute approximate surface area is 339 Å². The lowest BCUT2D eigenvalue weighted by atomic mass is 9.57. The highest BCUT2D eigenvalue weighted by Gasteiger charge is 2.59. The van der Waals surface area contributed by atoms with Gasteiger partial charge in [0.15, 0.2) is 14.1 Å². The lowest BCUT2D eigenvalue weighted by molar-refractivity contribution is -0.185. The van der Waals surface area contributed by atoms with E-state index in [2.05, 4.69) is 77.6 Å². The molecule has 3 aromatic carbocycles. The number of benzene rings is 3. The minimum atomic E-state index is -2.42. The number of carbonyl (C=O) groups excluding carboxylic acids is 1. The van der Waals surface area contributed by atoms with E-state index in [1.165, 1.54) is 0 Å². The molecule has 7 atom stereocenters. The predicted molar refractivity (Wildman–Crippen MR) is 230 cm³/mol. The van der Waals surface area contributed by atoms with Crippen molar-refractivity contribution in [3.63, 3.8) is 0 Å². The van der Waals surface area contributed by atoms with Gasteiger partial charge in [0, 0.05) is 5.92 Å². The molecule has 1 N–H and O–H groups in total. The minimum Gasteiger partial charge on any atom is -0.497 e. The van der Waals surface area contributed by atoms with Crippen LogP contribution in [0, 0.1) is 23.2 Å². The van der Waals surface area contributed by atoms with Gasteiger partial charge in [-0.25, -0.2) is 0 Å².